The summed E-state index contributed by atoms with van der Waals surface area (Å²) < 4.78 is 17.0. The highest BCUT2D eigenvalue weighted by Crippen LogP contribution is 2.38. The Kier molecular flexibility index (Phi) is 4.09. The first-order chi connectivity index (χ1) is 12.4. The SMILES string of the molecule is Cc1ccc2c(c1)c1c(n2CC(C)(O)c2ccncc2)C(F)CN(C)C1. The van der Waals surface area contributed by atoms with Gasteiger partial charge in [-0.25, -0.2) is 4.39 Å². The Bertz CT molecular complexity index is 949. The van der Waals surface area contributed by atoms with Gasteiger partial charge in [0, 0.05) is 36.4 Å². The molecule has 4 rings (SSSR count). The van der Waals surface area contributed by atoms with Crippen LogP contribution >= 0.6 is 0 Å². The zero-order valence-corrected chi connectivity index (χ0v) is 15.4. The van der Waals surface area contributed by atoms with Crippen LogP contribution in [-0.4, -0.2) is 33.1 Å². The summed E-state index contributed by atoms with van der Waals surface area (Å²) in [6.45, 7) is 5.22. The second kappa shape index (κ2) is 6.18. The van der Waals surface area contributed by atoms with Gasteiger partial charge in [0.2, 0.25) is 0 Å². The van der Waals surface area contributed by atoms with Gasteiger partial charge in [0.25, 0.3) is 0 Å². The fourth-order valence-electron chi connectivity index (χ4n) is 4.06. The molecule has 1 aromatic carbocycles. The van der Waals surface area contributed by atoms with Gasteiger partial charge in [-0.05, 0) is 56.3 Å². The lowest BCUT2D eigenvalue weighted by Gasteiger charge is -2.30. The quantitative estimate of drug-likeness (QED) is 0.780. The fraction of sp³-hybridized carbons (Fsp3) is 0.381. The minimum absolute atomic E-state index is 0.302. The van der Waals surface area contributed by atoms with Crippen LogP contribution in [0.3, 0.4) is 0 Å². The fourth-order valence-corrected chi connectivity index (χ4v) is 4.06. The van der Waals surface area contributed by atoms with Gasteiger partial charge in [0.05, 0.1) is 12.2 Å². The maximum atomic E-state index is 15.0. The lowest BCUT2D eigenvalue weighted by molar-refractivity contribution is 0.0367. The van der Waals surface area contributed by atoms with E-state index in [4.69, 9.17) is 0 Å². The van der Waals surface area contributed by atoms with Crippen LogP contribution in [0, 0.1) is 6.92 Å². The predicted molar refractivity (Wildman–Crippen MR) is 101 cm³/mol. The van der Waals surface area contributed by atoms with E-state index in [2.05, 4.69) is 18.0 Å². The Morgan fingerprint density at radius 3 is 2.73 bits per heavy atom. The molecule has 2 atom stereocenters. The number of hydrogen-bond acceptors (Lipinski definition) is 3. The first-order valence-electron chi connectivity index (χ1n) is 8.94. The van der Waals surface area contributed by atoms with Crippen molar-refractivity contribution < 1.29 is 9.50 Å². The number of nitrogens with zero attached hydrogens (tertiary/aromatic N) is 3. The van der Waals surface area contributed by atoms with Crippen molar-refractivity contribution in [3.8, 4) is 0 Å². The zero-order chi connectivity index (χ0) is 18.5. The molecule has 0 aliphatic carbocycles. The number of aryl methyl sites for hydroxylation is 1. The molecule has 2 unspecified atom stereocenters. The number of aromatic nitrogens is 2. The van der Waals surface area contributed by atoms with Crippen molar-refractivity contribution in [3.63, 3.8) is 0 Å². The second-order valence-electron chi connectivity index (χ2n) is 7.64. The van der Waals surface area contributed by atoms with Gasteiger partial charge < -0.3 is 9.67 Å². The lowest BCUT2D eigenvalue weighted by Crippen LogP contribution is -2.33. The highest BCUT2D eigenvalue weighted by Gasteiger charge is 2.33. The third-order valence-electron chi connectivity index (χ3n) is 5.33. The number of pyridine rings is 1. The number of alkyl halides is 1. The smallest absolute Gasteiger partial charge is 0.153 e. The number of benzene rings is 1. The van der Waals surface area contributed by atoms with E-state index in [9.17, 15) is 5.11 Å². The molecule has 136 valence electrons. The Morgan fingerprint density at radius 1 is 1.27 bits per heavy atom. The van der Waals surface area contributed by atoms with E-state index in [1.807, 2.05) is 40.8 Å². The number of halogens is 1. The van der Waals surface area contributed by atoms with Crippen LogP contribution in [0.4, 0.5) is 4.39 Å². The molecule has 0 radical (unpaired) electrons. The zero-order valence-electron chi connectivity index (χ0n) is 15.4. The molecule has 2 aromatic heterocycles. The van der Waals surface area contributed by atoms with Crippen LogP contribution in [0.5, 0.6) is 0 Å². The van der Waals surface area contributed by atoms with Crippen molar-refractivity contribution in [2.24, 2.45) is 0 Å². The van der Waals surface area contributed by atoms with E-state index in [1.165, 1.54) is 0 Å². The average molecular weight is 353 g/mol. The molecule has 1 N–H and O–H groups in total. The topological polar surface area (TPSA) is 41.3 Å². The lowest BCUT2D eigenvalue weighted by atomic mass is 9.96. The summed E-state index contributed by atoms with van der Waals surface area (Å²) in [5.74, 6) is 0. The number of hydrogen-bond donors (Lipinski definition) is 1. The number of likely N-dealkylation sites (N-methyl/N-ethyl adjacent to an activating group) is 1. The minimum Gasteiger partial charge on any atom is -0.384 e. The van der Waals surface area contributed by atoms with Crippen molar-refractivity contribution in [3.05, 3.63) is 65.1 Å². The van der Waals surface area contributed by atoms with Crippen LogP contribution in [0.15, 0.2) is 42.7 Å². The molecule has 0 fully saturated rings. The Balaban J connectivity index is 1.89. The van der Waals surface area contributed by atoms with E-state index < -0.39 is 11.8 Å². The molecule has 0 amide bonds. The molecule has 1 aliphatic heterocycles. The minimum atomic E-state index is -1.11. The summed E-state index contributed by atoms with van der Waals surface area (Å²) in [7, 11) is 1.95. The number of fused-ring (bicyclic) bond motifs is 3. The number of aliphatic hydroxyl groups is 1. The summed E-state index contributed by atoms with van der Waals surface area (Å²) in [6, 6.07) is 9.82. The van der Waals surface area contributed by atoms with Gasteiger partial charge >= 0.3 is 0 Å². The summed E-state index contributed by atoms with van der Waals surface area (Å²) in [5.41, 5.74) is 3.54. The van der Waals surface area contributed by atoms with Crippen molar-refractivity contribution >= 4 is 10.9 Å². The van der Waals surface area contributed by atoms with Crippen LogP contribution < -0.4 is 0 Å². The van der Waals surface area contributed by atoms with E-state index in [0.717, 1.165) is 34.1 Å². The highest BCUT2D eigenvalue weighted by molar-refractivity contribution is 5.86. The van der Waals surface area contributed by atoms with Crippen LogP contribution in [0.2, 0.25) is 0 Å². The average Bonchev–Trinajstić information content (AvgIpc) is 2.88. The predicted octanol–water partition coefficient (Wildman–Crippen LogP) is 3.71. The molecule has 3 aromatic rings. The normalized spacial score (nSPS) is 20.1. The Labute approximate surface area is 152 Å². The van der Waals surface area contributed by atoms with Crippen LogP contribution in [0.1, 0.15) is 35.5 Å². The summed E-state index contributed by atoms with van der Waals surface area (Å²) in [4.78, 5) is 6.04. The maximum absolute atomic E-state index is 15.0. The molecule has 0 spiro atoms. The third kappa shape index (κ3) is 2.81. The van der Waals surface area contributed by atoms with E-state index in [1.54, 1.807) is 19.3 Å². The van der Waals surface area contributed by atoms with Gasteiger partial charge in [-0.2, -0.15) is 0 Å². The van der Waals surface area contributed by atoms with Crippen molar-refractivity contribution in [2.45, 2.75) is 38.7 Å². The standard InChI is InChI=1S/C21H24FN3O/c1-14-4-5-19-16(10-14)17-11-24(3)12-18(22)20(17)25(19)13-21(2,26)15-6-8-23-9-7-15/h4-10,18,26H,11-13H2,1-3H3. The van der Waals surface area contributed by atoms with Gasteiger partial charge in [-0.3, -0.25) is 9.88 Å². The summed E-state index contributed by atoms with van der Waals surface area (Å²) in [5, 5.41) is 12.2. The van der Waals surface area contributed by atoms with E-state index in [0.29, 0.717) is 18.8 Å². The van der Waals surface area contributed by atoms with Crippen LogP contribution in [-0.2, 0) is 18.7 Å². The molecule has 26 heavy (non-hydrogen) atoms. The summed E-state index contributed by atoms with van der Waals surface area (Å²) >= 11 is 0. The highest BCUT2D eigenvalue weighted by atomic mass is 19.1. The molecule has 4 nitrogen and oxygen atoms in total. The summed E-state index contributed by atoms with van der Waals surface area (Å²) in [6.07, 6.45) is 2.27. The first kappa shape index (κ1) is 17.2. The molecule has 0 saturated heterocycles. The monoisotopic (exact) mass is 353 g/mol. The Hall–Kier alpha value is -2.24. The third-order valence-corrected chi connectivity index (χ3v) is 5.33. The van der Waals surface area contributed by atoms with Crippen molar-refractivity contribution in [1.82, 2.24) is 14.5 Å². The first-order valence-corrected chi connectivity index (χ1v) is 8.94. The molecule has 5 heteroatoms. The molecule has 3 heterocycles. The van der Waals surface area contributed by atoms with E-state index in [-0.39, 0.29) is 0 Å². The largest absolute Gasteiger partial charge is 0.384 e. The van der Waals surface area contributed by atoms with Gasteiger partial charge in [0.1, 0.15) is 5.60 Å². The molecular weight excluding hydrogens is 329 g/mol. The van der Waals surface area contributed by atoms with Gasteiger partial charge in [-0.1, -0.05) is 11.6 Å². The molecule has 0 saturated carbocycles. The second-order valence-corrected chi connectivity index (χ2v) is 7.64. The Morgan fingerprint density at radius 2 is 2.00 bits per heavy atom. The molecular formula is C21H24FN3O. The molecule has 1 aliphatic rings. The van der Waals surface area contributed by atoms with Crippen molar-refractivity contribution in [1.29, 1.82) is 0 Å². The van der Waals surface area contributed by atoms with Crippen LogP contribution in [0.25, 0.3) is 10.9 Å². The molecule has 0 bridgehead atoms. The van der Waals surface area contributed by atoms with Gasteiger partial charge in [-0.15, -0.1) is 0 Å². The van der Waals surface area contributed by atoms with E-state index >= 15 is 4.39 Å². The number of rotatable bonds is 3. The maximum Gasteiger partial charge on any atom is 0.153 e. The van der Waals surface area contributed by atoms with Gasteiger partial charge in [0.15, 0.2) is 6.17 Å². The van der Waals surface area contributed by atoms with Crippen molar-refractivity contribution in [2.75, 3.05) is 13.6 Å².